The zero-order chi connectivity index (χ0) is 3.41. The number of allylic oxidation sites excluding steroid dienone is 1. The number of hydrogen-bond acceptors (Lipinski definition) is 0. The van der Waals surface area contributed by atoms with E-state index in [-0.39, 0.29) is 23.1 Å². The molecule has 5 heavy (non-hydrogen) atoms. The second kappa shape index (κ2) is 8.84. The highest BCUT2D eigenvalue weighted by Crippen LogP contribution is 1.70. The van der Waals surface area contributed by atoms with Gasteiger partial charge >= 0.3 is 0 Å². The third kappa shape index (κ3) is 11.6. The molecule has 0 aliphatic rings. The molecule has 0 spiro atoms. The van der Waals surface area contributed by atoms with Gasteiger partial charge < -0.3 is 0 Å². The average Bonchev–Trinajstić information content (AvgIpc) is 1.37. The fourth-order valence-electron chi connectivity index (χ4n) is 0. The van der Waals surface area contributed by atoms with Crippen LogP contribution in [-0.2, 0) is 0 Å². The molecule has 2 heteroatoms. The molecule has 0 aromatic rings. The topological polar surface area (TPSA) is 0 Å². The van der Waals surface area contributed by atoms with Crippen LogP contribution in [0.25, 0.3) is 0 Å². The lowest BCUT2D eigenvalue weighted by Crippen LogP contribution is -1.20. The normalized spacial score (nSPS) is 7.60. The van der Waals surface area contributed by atoms with Crippen LogP contribution in [0.4, 0.5) is 0 Å². The predicted molar refractivity (Wildman–Crippen MR) is 26.4 cm³/mol. The van der Waals surface area contributed by atoms with Gasteiger partial charge in [0.15, 0.2) is 0 Å². The van der Waals surface area contributed by atoms with Crippen molar-refractivity contribution in [3.8, 4) is 0 Å². The molecular formula is C3H5ClMg. The Labute approximate surface area is 53.4 Å². The predicted octanol–water partition coefficient (Wildman–Crippen LogP) is 1.38. The van der Waals surface area contributed by atoms with Crippen LogP contribution >= 0.6 is 11.6 Å². The van der Waals surface area contributed by atoms with E-state index in [1.165, 1.54) is 5.54 Å². The molecule has 0 unspecified atom stereocenters. The first-order chi connectivity index (χ1) is 1.91. The third-order valence-electron chi connectivity index (χ3n) is 0.126. The van der Waals surface area contributed by atoms with Crippen LogP contribution in [0.15, 0.2) is 11.6 Å². The van der Waals surface area contributed by atoms with Gasteiger partial charge in [-0.15, -0.1) is 0 Å². The van der Waals surface area contributed by atoms with Gasteiger partial charge in [0.25, 0.3) is 0 Å². The maximum absolute atomic E-state index is 5.01. The molecule has 0 aliphatic heterocycles. The SMILES string of the molecule is CC=CCl.[Mg]. The van der Waals surface area contributed by atoms with Crippen molar-refractivity contribution in [1.29, 1.82) is 0 Å². The summed E-state index contributed by atoms with van der Waals surface area (Å²) in [7, 11) is 0. The summed E-state index contributed by atoms with van der Waals surface area (Å²) in [6.45, 7) is 1.87. The van der Waals surface area contributed by atoms with E-state index in [0.29, 0.717) is 0 Å². The fourth-order valence-corrected chi connectivity index (χ4v) is 0. The van der Waals surface area contributed by atoms with Crippen molar-refractivity contribution < 1.29 is 0 Å². The van der Waals surface area contributed by atoms with E-state index in [9.17, 15) is 0 Å². The molecule has 0 saturated carbocycles. The Hall–Kier alpha value is 0.796. The minimum absolute atomic E-state index is 0. The van der Waals surface area contributed by atoms with Gasteiger partial charge in [-0.25, -0.2) is 0 Å². The Morgan fingerprint density at radius 3 is 1.80 bits per heavy atom. The van der Waals surface area contributed by atoms with Gasteiger partial charge in [0.2, 0.25) is 0 Å². The molecular weight excluding hydrogens is 95.8 g/mol. The van der Waals surface area contributed by atoms with Crippen LogP contribution in [0.5, 0.6) is 0 Å². The lowest BCUT2D eigenvalue weighted by Gasteiger charge is -1.46. The first kappa shape index (κ1) is 9.25. The summed E-state index contributed by atoms with van der Waals surface area (Å²) in [5.74, 6) is 0. The van der Waals surface area contributed by atoms with Crippen molar-refractivity contribution in [2.75, 3.05) is 0 Å². The molecule has 0 fully saturated rings. The maximum Gasteiger partial charge on any atom is 0 e. The van der Waals surface area contributed by atoms with Crippen LogP contribution in [0.1, 0.15) is 6.92 Å². The largest absolute Gasteiger partial charge is 0.0933 e. The molecule has 2 radical (unpaired) electrons. The van der Waals surface area contributed by atoms with E-state index >= 15 is 0 Å². The Bertz CT molecular complexity index is 22.1. The van der Waals surface area contributed by atoms with E-state index in [1.54, 1.807) is 6.08 Å². The molecule has 0 heterocycles. The summed E-state index contributed by atoms with van der Waals surface area (Å²) < 4.78 is 0. The van der Waals surface area contributed by atoms with Crippen LogP contribution < -0.4 is 0 Å². The average molecular weight is 101 g/mol. The Balaban J connectivity index is 0. The Kier molecular flexibility index (Phi) is 16.4. The highest BCUT2D eigenvalue weighted by molar-refractivity contribution is 6.25. The van der Waals surface area contributed by atoms with E-state index in [4.69, 9.17) is 11.6 Å². The monoisotopic (exact) mass is 100.0 g/mol. The fraction of sp³-hybridized carbons (Fsp3) is 0.333. The molecule has 0 aromatic carbocycles. The smallest absolute Gasteiger partial charge is 0 e. The Morgan fingerprint density at radius 2 is 1.80 bits per heavy atom. The lowest BCUT2D eigenvalue weighted by atomic mass is 10.8. The molecule has 0 nitrogen and oxygen atoms in total. The van der Waals surface area contributed by atoms with Gasteiger partial charge in [0.1, 0.15) is 0 Å². The quantitative estimate of drug-likeness (QED) is 0.404. The van der Waals surface area contributed by atoms with Crippen molar-refractivity contribution in [2.24, 2.45) is 0 Å². The van der Waals surface area contributed by atoms with Gasteiger partial charge in [0.05, 0.1) is 0 Å². The minimum Gasteiger partial charge on any atom is -0.0933 e. The van der Waals surface area contributed by atoms with Crippen molar-refractivity contribution in [2.45, 2.75) is 6.92 Å². The highest BCUT2D eigenvalue weighted by Gasteiger charge is 1.37. The summed E-state index contributed by atoms with van der Waals surface area (Å²) in [6, 6.07) is 0. The number of halogens is 1. The van der Waals surface area contributed by atoms with Gasteiger partial charge in [0, 0.05) is 23.1 Å². The highest BCUT2D eigenvalue weighted by atomic mass is 35.5. The zero-order valence-electron chi connectivity index (χ0n) is 3.24. The minimum atomic E-state index is 0. The molecule has 26 valence electrons. The van der Waals surface area contributed by atoms with E-state index in [2.05, 4.69) is 0 Å². The second-order valence-corrected chi connectivity index (χ2v) is 0.711. The summed E-state index contributed by atoms with van der Waals surface area (Å²) >= 11 is 5.01. The van der Waals surface area contributed by atoms with E-state index in [1.807, 2.05) is 6.92 Å². The Morgan fingerprint density at radius 1 is 1.60 bits per heavy atom. The third-order valence-corrected chi connectivity index (χ3v) is 0.378. The summed E-state index contributed by atoms with van der Waals surface area (Å²) in [5.41, 5.74) is 1.47. The first-order valence-electron chi connectivity index (χ1n) is 1.13. The van der Waals surface area contributed by atoms with Crippen molar-refractivity contribution in [3.63, 3.8) is 0 Å². The van der Waals surface area contributed by atoms with Crippen molar-refractivity contribution in [3.05, 3.63) is 11.6 Å². The van der Waals surface area contributed by atoms with Gasteiger partial charge in [-0.05, 0) is 12.5 Å². The summed E-state index contributed by atoms with van der Waals surface area (Å²) in [5, 5.41) is 0. The summed E-state index contributed by atoms with van der Waals surface area (Å²) in [6.07, 6.45) is 1.77. The van der Waals surface area contributed by atoms with E-state index in [0.717, 1.165) is 0 Å². The number of hydrogen-bond donors (Lipinski definition) is 0. The molecule has 0 saturated heterocycles. The molecule has 0 N–H and O–H groups in total. The van der Waals surface area contributed by atoms with Crippen LogP contribution in [0.3, 0.4) is 0 Å². The molecule has 0 amide bonds. The lowest BCUT2D eigenvalue weighted by molar-refractivity contribution is 1.78. The summed E-state index contributed by atoms with van der Waals surface area (Å²) in [4.78, 5) is 0. The van der Waals surface area contributed by atoms with E-state index < -0.39 is 0 Å². The molecule has 0 atom stereocenters. The molecule has 0 bridgehead atoms. The van der Waals surface area contributed by atoms with Crippen molar-refractivity contribution in [1.82, 2.24) is 0 Å². The van der Waals surface area contributed by atoms with Crippen LogP contribution in [0.2, 0.25) is 0 Å². The zero-order valence-corrected chi connectivity index (χ0v) is 5.41. The molecule has 0 rings (SSSR count). The van der Waals surface area contributed by atoms with Crippen LogP contribution in [0, 0.1) is 0 Å². The van der Waals surface area contributed by atoms with Crippen LogP contribution in [-0.4, -0.2) is 23.1 Å². The standard InChI is InChI=1S/C3H5Cl.Mg/c1-2-3-4;/h2-3H,1H3;. The molecule has 0 aromatic heterocycles. The van der Waals surface area contributed by atoms with Gasteiger partial charge in [-0.1, -0.05) is 17.7 Å². The molecule has 0 aliphatic carbocycles. The maximum atomic E-state index is 5.01. The number of rotatable bonds is 0. The van der Waals surface area contributed by atoms with Crippen molar-refractivity contribution >= 4 is 34.7 Å². The second-order valence-electron chi connectivity index (χ2n) is 0.459. The first-order valence-corrected chi connectivity index (χ1v) is 1.57. The van der Waals surface area contributed by atoms with Gasteiger partial charge in [-0.2, -0.15) is 0 Å². The van der Waals surface area contributed by atoms with Gasteiger partial charge in [-0.3, -0.25) is 0 Å².